The van der Waals surface area contributed by atoms with Crippen LogP contribution in [0.5, 0.6) is 0 Å². The Labute approximate surface area is 235 Å². The number of unbranched alkanes of at least 4 members (excludes halogenated alkanes) is 13. The Kier molecular flexibility index (Phi) is 24.7. The van der Waals surface area contributed by atoms with Gasteiger partial charge in [0, 0.05) is 0 Å². The highest BCUT2D eigenvalue weighted by Gasteiger charge is 2.43. The summed E-state index contributed by atoms with van der Waals surface area (Å²) < 4.78 is 27.6. The maximum absolute atomic E-state index is 12.0. The molecule has 0 spiro atoms. The fraction of sp³-hybridized carbons (Fsp3) is 0.966. The van der Waals surface area contributed by atoms with Crippen LogP contribution in [0.4, 0.5) is 0 Å². The summed E-state index contributed by atoms with van der Waals surface area (Å²) in [7, 11) is -0.884. The number of thiol groups is 1. The van der Waals surface area contributed by atoms with E-state index in [2.05, 4.69) is 26.5 Å². The van der Waals surface area contributed by atoms with Gasteiger partial charge in [-0.2, -0.15) is 0 Å². The molecule has 0 aromatic heterocycles. The van der Waals surface area contributed by atoms with E-state index < -0.39 is 31.7 Å². The molecular formula is C29H57O6PS. The minimum Gasteiger partial charge on any atom is -0.461 e. The molecule has 0 aromatic rings. The van der Waals surface area contributed by atoms with Crippen molar-refractivity contribution in [2.45, 2.75) is 167 Å². The fourth-order valence-corrected chi connectivity index (χ4v) is 5.31. The van der Waals surface area contributed by atoms with E-state index in [1.807, 2.05) is 6.92 Å². The average molecular weight is 565 g/mol. The van der Waals surface area contributed by atoms with Gasteiger partial charge in [0.25, 0.3) is 0 Å². The molecule has 0 saturated heterocycles. The number of ether oxygens (including phenoxy) is 3. The lowest BCUT2D eigenvalue weighted by Crippen LogP contribution is -2.42. The zero-order valence-corrected chi connectivity index (χ0v) is 26.0. The number of carbonyl (C=O) groups excluding carboxylic acids is 1. The summed E-state index contributed by atoms with van der Waals surface area (Å²) in [6.07, 6.45) is 22.1. The molecule has 0 aliphatic heterocycles. The zero-order chi connectivity index (χ0) is 27.8. The van der Waals surface area contributed by atoms with Gasteiger partial charge >= 0.3 is 11.5 Å². The van der Waals surface area contributed by atoms with Crippen molar-refractivity contribution in [3.63, 3.8) is 0 Å². The minimum atomic E-state index is -2.57. The van der Waals surface area contributed by atoms with Crippen LogP contribution < -0.4 is 0 Å². The maximum Gasteiger partial charge on any atom is 0.379 e. The number of esters is 1. The third kappa shape index (κ3) is 19.5. The van der Waals surface area contributed by atoms with Crippen molar-refractivity contribution >= 4 is 27.1 Å². The number of carbonyl (C=O) groups is 1. The molecule has 0 amide bonds. The first-order chi connectivity index (χ1) is 17.9. The van der Waals surface area contributed by atoms with Gasteiger partial charge in [-0.3, -0.25) is 4.57 Å². The van der Waals surface area contributed by atoms with Gasteiger partial charge in [0.15, 0.2) is 6.29 Å². The highest BCUT2D eigenvalue weighted by Crippen LogP contribution is 2.30. The van der Waals surface area contributed by atoms with Crippen LogP contribution in [0.1, 0.15) is 150 Å². The van der Waals surface area contributed by atoms with Crippen LogP contribution in [-0.2, 0) is 23.6 Å². The molecule has 0 fully saturated rings. The largest absolute Gasteiger partial charge is 0.461 e. The van der Waals surface area contributed by atoms with Gasteiger partial charge in [0.2, 0.25) is 8.46 Å². The number of rotatable bonds is 27. The van der Waals surface area contributed by atoms with Crippen LogP contribution in [0, 0.1) is 5.92 Å². The second-order valence-electron chi connectivity index (χ2n) is 10.2. The van der Waals surface area contributed by atoms with Crippen LogP contribution in [0.2, 0.25) is 0 Å². The second kappa shape index (κ2) is 24.8. The van der Waals surface area contributed by atoms with E-state index in [4.69, 9.17) is 14.2 Å². The molecule has 0 aliphatic rings. The lowest BCUT2D eigenvalue weighted by atomic mass is 9.91. The highest BCUT2D eigenvalue weighted by atomic mass is 32.1. The van der Waals surface area contributed by atoms with Crippen LogP contribution in [-0.4, -0.2) is 34.9 Å². The molecule has 8 heteroatoms. The van der Waals surface area contributed by atoms with E-state index in [0.717, 1.165) is 19.3 Å². The van der Waals surface area contributed by atoms with Gasteiger partial charge in [-0.05, 0) is 25.7 Å². The van der Waals surface area contributed by atoms with Crippen LogP contribution in [0.25, 0.3) is 0 Å². The number of hydrogen-bond acceptors (Lipinski definition) is 7. The van der Waals surface area contributed by atoms with E-state index in [-0.39, 0.29) is 6.61 Å². The van der Waals surface area contributed by atoms with Gasteiger partial charge < -0.3 is 19.3 Å². The predicted molar refractivity (Wildman–Crippen MR) is 156 cm³/mol. The summed E-state index contributed by atoms with van der Waals surface area (Å²) in [5, 5.41) is 10.3. The quantitative estimate of drug-likeness (QED) is 0.0340. The Balaban J connectivity index is 4.69. The third-order valence-electron chi connectivity index (χ3n) is 6.82. The van der Waals surface area contributed by atoms with Crippen molar-refractivity contribution in [3.8, 4) is 0 Å². The van der Waals surface area contributed by atoms with E-state index >= 15 is 0 Å². The maximum atomic E-state index is 12.0. The number of hydrogen-bond donors (Lipinski definition) is 2. The molecule has 0 rings (SSSR count). The molecule has 37 heavy (non-hydrogen) atoms. The molecule has 0 aromatic carbocycles. The molecule has 0 heterocycles. The van der Waals surface area contributed by atoms with Crippen molar-refractivity contribution < 1.29 is 28.7 Å². The Morgan fingerprint density at radius 3 is 1.68 bits per heavy atom. The lowest BCUT2D eigenvalue weighted by Gasteiger charge is -2.28. The molecule has 0 saturated carbocycles. The molecule has 220 valence electrons. The van der Waals surface area contributed by atoms with Gasteiger partial charge in [-0.1, -0.05) is 130 Å². The predicted octanol–water partition coefficient (Wildman–Crippen LogP) is 9.19. The van der Waals surface area contributed by atoms with Crippen LogP contribution in [0.15, 0.2) is 0 Å². The smallest absolute Gasteiger partial charge is 0.379 e. The van der Waals surface area contributed by atoms with Gasteiger partial charge in [-0.15, -0.1) is 12.6 Å². The minimum absolute atomic E-state index is 0.0475. The van der Waals surface area contributed by atoms with E-state index in [1.165, 1.54) is 96.3 Å². The first kappa shape index (κ1) is 36.8. The Morgan fingerprint density at radius 2 is 1.27 bits per heavy atom. The summed E-state index contributed by atoms with van der Waals surface area (Å²) in [4.78, 5) is 12.0. The van der Waals surface area contributed by atoms with E-state index in [1.54, 1.807) is 6.92 Å². The summed E-state index contributed by atoms with van der Waals surface area (Å²) in [5.41, 5.74) is -2.97. The van der Waals surface area contributed by atoms with Gasteiger partial charge in [0.1, 0.15) is 5.44 Å². The summed E-state index contributed by atoms with van der Waals surface area (Å²) in [6, 6.07) is 0. The molecule has 6 nitrogen and oxygen atoms in total. The fourth-order valence-electron chi connectivity index (χ4n) is 4.58. The van der Waals surface area contributed by atoms with E-state index in [0.29, 0.717) is 12.3 Å². The van der Waals surface area contributed by atoms with Crippen molar-refractivity contribution in [1.82, 2.24) is 0 Å². The monoisotopic (exact) mass is 564 g/mol. The normalized spacial score (nSPS) is 15.8. The molecule has 0 aliphatic carbocycles. The highest BCUT2D eigenvalue weighted by molar-refractivity contribution is 7.80. The molecule has 4 unspecified atom stereocenters. The van der Waals surface area contributed by atoms with Gasteiger partial charge in [0.05, 0.1) is 6.61 Å². The van der Waals surface area contributed by atoms with E-state index in [9.17, 15) is 14.5 Å². The number of aliphatic hydroxyl groups is 1. The van der Waals surface area contributed by atoms with Crippen molar-refractivity contribution in [2.75, 3.05) is 6.61 Å². The zero-order valence-electron chi connectivity index (χ0n) is 24.3. The SMILES string of the molecule is CCCCCCCCCCCC(CCCCCCCC)CC(S)OC(CC)OC(O)(P=O)C(=O)OCC. The topological polar surface area (TPSA) is 82.1 Å². The first-order valence-electron chi connectivity index (χ1n) is 15.1. The third-order valence-corrected chi connectivity index (χ3v) is 7.69. The molecule has 0 bridgehead atoms. The Morgan fingerprint density at radius 1 is 0.811 bits per heavy atom. The Bertz CT molecular complexity index is 552. The van der Waals surface area contributed by atoms with Crippen LogP contribution >= 0.6 is 21.1 Å². The average Bonchev–Trinajstić information content (AvgIpc) is 2.88. The van der Waals surface area contributed by atoms with Gasteiger partial charge in [-0.25, -0.2) is 4.79 Å². The van der Waals surface area contributed by atoms with Crippen LogP contribution in [0.3, 0.4) is 0 Å². The first-order valence-corrected chi connectivity index (χ1v) is 16.4. The Hall–Kier alpha value is -0.200. The lowest BCUT2D eigenvalue weighted by molar-refractivity contribution is -0.258. The molecule has 1 N–H and O–H groups in total. The van der Waals surface area contributed by atoms with Crippen molar-refractivity contribution in [2.24, 2.45) is 5.92 Å². The summed E-state index contributed by atoms with van der Waals surface area (Å²) >= 11 is 4.66. The summed E-state index contributed by atoms with van der Waals surface area (Å²) in [5.74, 6) is -0.576. The molecular weight excluding hydrogens is 507 g/mol. The standard InChI is InChI=1S/C29H57O6PS/c1-5-9-11-13-15-16-17-19-21-23-25(22-20-18-14-12-10-6-2)24-27(37)34-26(7-3)35-29(31,36-32)28(30)33-8-4/h25-27,31,37H,5-24H2,1-4H3. The molecule has 4 atom stereocenters. The van der Waals surface area contributed by atoms with Crippen molar-refractivity contribution in [3.05, 3.63) is 0 Å². The molecule has 0 radical (unpaired) electrons. The summed E-state index contributed by atoms with van der Waals surface area (Å²) in [6.45, 7) is 7.97. The second-order valence-corrected chi connectivity index (χ2v) is 11.6. The van der Waals surface area contributed by atoms with Crippen molar-refractivity contribution in [1.29, 1.82) is 0 Å².